The lowest BCUT2D eigenvalue weighted by atomic mass is 10.2. The number of H-pyrrole nitrogens is 1. The fourth-order valence-electron chi connectivity index (χ4n) is 1.93. The Labute approximate surface area is 136 Å². The number of halogens is 1. The molecule has 0 saturated carbocycles. The molecule has 0 aliphatic carbocycles. The van der Waals surface area contributed by atoms with Gasteiger partial charge in [0.15, 0.2) is 5.16 Å². The minimum atomic E-state index is -0.347. The molecule has 7 heteroatoms. The molecule has 0 radical (unpaired) electrons. The van der Waals surface area contributed by atoms with Gasteiger partial charge in [0.2, 0.25) is 0 Å². The van der Waals surface area contributed by atoms with Crippen LogP contribution >= 0.6 is 11.8 Å². The second kappa shape index (κ2) is 7.06. The van der Waals surface area contributed by atoms with E-state index in [4.69, 9.17) is 0 Å². The van der Waals surface area contributed by atoms with Gasteiger partial charge >= 0.3 is 0 Å². The minimum absolute atomic E-state index is 0.181. The molecule has 3 aromatic rings. The van der Waals surface area contributed by atoms with Crippen LogP contribution in [0.2, 0.25) is 0 Å². The van der Waals surface area contributed by atoms with Crippen molar-refractivity contribution in [1.82, 2.24) is 15.4 Å². The number of carbonyl (C=O) groups excluding carboxylic acids is 1. The number of fused-ring (bicyclic) bond motifs is 1. The smallest absolute Gasteiger partial charge is 0.250 e. The molecule has 0 spiro atoms. The van der Waals surface area contributed by atoms with Gasteiger partial charge in [-0.2, -0.15) is 5.10 Å². The molecule has 5 nitrogen and oxygen atoms in total. The molecule has 1 aromatic heterocycles. The molecular weight excluding hydrogens is 315 g/mol. The van der Waals surface area contributed by atoms with Crippen molar-refractivity contribution in [3.8, 4) is 0 Å². The van der Waals surface area contributed by atoms with E-state index in [9.17, 15) is 9.18 Å². The van der Waals surface area contributed by atoms with Crippen molar-refractivity contribution in [2.45, 2.75) is 5.16 Å². The maximum absolute atomic E-state index is 13.0. The van der Waals surface area contributed by atoms with Crippen LogP contribution in [0.25, 0.3) is 11.0 Å². The Morgan fingerprint density at radius 1 is 1.30 bits per heavy atom. The average Bonchev–Trinajstić information content (AvgIpc) is 2.96. The molecule has 0 aliphatic heterocycles. The Morgan fingerprint density at radius 3 is 3.00 bits per heavy atom. The summed E-state index contributed by atoms with van der Waals surface area (Å²) in [5, 5.41) is 4.48. The van der Waals surface area contributed by atoms with Crippen LogP contribution in [0.5, 0.6) is 0 Å². The van der Waals surface area contributed by atoms with Crippen molar-refractivity contribution in [2.24, 2.45) is 5.10 Å². The second-order valence-electron chi connectivity index (χ2n) is 4.70. The predicted octanol–water partition coefficient (Wildman–Crippen LogP) is 2.94. The summed E-state index contributed by atoms with van der Waals surface area (Å²) >= 11 is 1.29. The van der Waals surface area contributed by atoms with Crippen LogP contribution in [0.3, 0.4) is 0 Å². The number of thioether (sulfide) groups is 1. The van der Waals surface area contributed by atoms with Gasteiger partial charge in [-0.1, -0.05) is 36.0 Å². The number of nitrogens with one attached hydrogen (secondary N) is 2. The quantitative estimate of drug-likeness (QED) is 0.430. The summed E-state index contributed by atoms with van der Waals surface area (Å²) in [7, 11) is 0. The Morgan fingerprint density at radius 2 is 2.17 bits per heavy atom. The molecule has 3 rings (SSSR count). The Kier molecular flexibility index (Phi) is 4.68. The summed E-state index contributed by atoms with van der Waals surface area (Å²) in [5.74, 6) is -0.427. The van der Waals surface area contributed by atoms with Crippen LogP contribution in [-0.2, 0) is 4.79 Å². The van der Waals surface area contributed by atoms with Crippen molar-refractivity contribution in [2.75, 3.05) is 5.75 Å². The number of imidazole rings is 1. The van der Waals surface area contributed by atoms with Crippen LogP contribution in [0.4, 0.5) is 4.39 Å². The monoisotopic (exact) mass is 328 g/mol. The van der Waals surface area contributed by atoms with E-state index in [0.29, 0.717) is 10.7 Å². The molecule has 23 heavy (non-hydrogen) atoms. The number of hydrogen-bond acceptors (Lipinski definition) is 4. The molecule has 0 aliphatic rings. The van der Waals surface area contributed by atoms with Crippen molar-refractivity contribution in [3.63, 3.8) is 0 Å². The van der Waals surface area contributed by atoms with Gasteiger partial charge in [0, 0.05) is 0 Å². The summed E-state index contributed by atoms with van der Waals surface area (Å²) in [6, 6.07) is 13.6. The number of carbonyl (C=O) groups is 1. The summed E-state index contributed by atoms with van der Waals surface area (Å²) in [5.41, 5.74) is 4.77. The highest BCUT2D eigenvalue weighted by Gasteiger charge is 2.06. The Bertz CT molecular complexity index is 829. The third-order valence-corrected chi connectivity index (χ3v) is 3.83. The number of rotatable bonds is 5. The fraction of sp³-hybridized carbons (Fsp3) is 0.0625. The number of para-hydroxylation sites is 2. The predicted molar refractivity (Wildman–Crippen MR) is 89.0 cm³/mol. The lowest BCUT2D eigenvalue weighted by Gasteiger charge is -1.98. The van der Waals surface area contributed by atoms with Crippen molar-refractivity contribution in [3.05, 3.63) is 59.9 Å². The van der Waals surface area contributed by atoms with Crippen LogP contribution in [0, 0.1) is 5.82 Å². The zero-order valence-electron chi connectivity index (χ0n) is 12.0. The third kappa shape index (κ3) is 4.17. The number of benzene rings is 2. The lowest BCUT2D eigenvalue weighted by Crippen LogP contribution is -2.19. The SMILES string of the molecule is O=C(CSc1nc2ccccc2[nH]1)N/N=C\c1cccc(F)c1. The Hall–Kier alpha value is -2.67. The van der Waals surface area contributed by atoms with Crippen LogP contribution < -0.4 is 5.43 Å². The van der Waals surface area contributed by atoms with Gasteiger partial charge < -0.3 is 4.98 Å². The van der Waals surface area contributed by atoms with Crippen LogP contribution in [-0.4, -0.2) is 27.8 Å². The molecule has 2 aromatic carbocycles. The first-order chi connectivity index (χ1) is 11.2. The van der Waals surface area contributed by atoms with Gasteiger partial charge in [-0.3, -0.25) is 4.79 Å². The first-order valence-electron chi connectivity index (χ1n) is 6.86. The van der Waals surface area contributed by atoms with Gasteiger partial charge in [0.05, 0.1) is 23.0 Å². The highest BCUT2D eigenvalue weighted by atomic mass is 32.2. The standard InChI is InChI=1S/C16H13FN4OS/c17-12-5-3-4-11(8-12)9-18-21-15(22)10-23-16-19-13-6-1-2-7-14(13)20-16/h1-9H,10H2,(H,19,20)(H,21,22)/b18-9-. The van der Waals surface area contributed by atoms with E-state index in [1.807, 2.05) is 24.3 Å². The number of hydrazone groups is 1. The lowest BCUT2D eigenvalue weighted by molar-refractivity contribution is -0.118. The molecule has 1 heterocycles. The number of hydrogen-bond donors (Lipinski definition) is 2. The molecule has 0 fully saturated rings. The minimum Gasteiger partial charge on any atom is -0.333 e. The highest BCUT2D eigenvalue weighted by molar-refractivity contribution is 7.99. The fourth-order valence-corrected chi connectivity index (χ4v) is 2.61. The third-order valence-electron chi connectivity index (χ3n) is 2.96. The van der Waals surface area contributed by atoms with E-state index in [-0.39, 0.29) is 17.5 Å². The molecule has 0 unspecified atom stereocenters. The second-order valence-corrected chi connectivity index (χ2v) is 5.66. The molecule has 0 bridgehead atoms. The molecule has 1 amide bonds. The van der Waals surface area contributed by atoms with Crippen molar-refractivity contribution in [1.29, 1.82) is 0 Å². The van der Waals surface area contributed by atoms with Crippen LogP contribution in [0.15, 0.2) is 58.8 Å². The van der Waals surface area contributed by atoms with E-state index in [2.05, 4.69) is 20.5 Å². The summed E-state index contributed by atoms with van der Waals surface area (Å²) in [6.45, 7) is 0. The largest absolute Gasteiger partial charge is 0.333 e. The molecular formula is C16H13FN4OS. The number of aromatic amines is 1. The van der Waals surface area contributed by atoms with Crippen LogP contribution in [0.1, 0.15) is 5.56 Å². The summed E-state index contributed by atoms with van der Waals surface area (Å²) in [4.78, 5) is 19.2. The zero-order chi connectivity index (χ0) is 16.1. The average molecular weight is 328 g/mol. The van der Waals surface area contributed by atoms with Gasteiger partial charge in [-0.05, 0) is 29.8 Å². The first kappa shape index (κ1) is 15.2. The number of nitrogens with zero attached hydrogens (tertiary/aromatic N) is 2. The number of amides is 1. The van der Waals surface area contributed by atoms with Crippen molar-refractivity contribution >= 4 is 34.9 Å². The zero-order valence-corrected chi connectivity index (χ0v) is 12.8. The topological polar surface area (TPSA) is 70.1 Å². The van der Waals surface area contributed by atoms with E-state index < -0.39 is 0 Å². The molecule has 0 atom stereocenters. The van der Waals surface area contributed by atoms with Gasteiger partial charge in [0.25, 0.3) is 5.91 Å². The maximum atomic E-state index is 13.0. The summed E-state index contributed by atoms with van der Waals surface area (Å²) in [6.07, 6.45) is 1.40. The van der Waals surface area contributed by atoms with E-state index in [1.54, 1.807) is 12.1 Å². The Balaban J connectivity index is 1.51. The van der Waals surface area contributed by atoms with Gasteiger partial charge in [-0.15, -0.1) is 0 Å². The molecule has 0 saturated heterocycles. The maximum Gasteiger partial charge on any atom is 0.250 e. The first-order valence-corrected chi connectivity index (χ1v) is 7.84. The van der Waals surface area contributed by atoms with E-state index >= 15 is 0 Å². The van der Waals surface area contributed by atoms with Crippen molar-refractivity contribution < 1.29 is 9.18 Å². The normalized spacial score (nSPS) is 11.2. The summed E-state index contributed by atoms with van der Waals surface area (Å²) < 4.78 is 13.0. The van der Waals surface area contributed by atoms with E-state index in [0.717, 1.165) is 11.0 Å². The highest BCUT2D eigenvalue weighted by Crippen LogP contribution is 2.18. The van der Waals surface area contributed by atoms with Gasteiger partial charge in [-0.25, -0.2) is 14.8 Å². The van der Waals surface area contributed by atoms with E-state index in [1.165, 1.54) is 30.1 Å². The number of aromatic nitrogens is 2. The molecule has 2 N–H and O–H groups in total. The van der Waals surface area contributed by atoms with Gasteiger partial charge in [0.1, 0.15) is 5.82 Å². The molecule has 116 valence electrons.